The van der Waals surface area contributed by atoms with Crippen LogP contribution in [0.3, 0.4) is 0 Å². The van der Waals surface area contributed by atoms with E-state index < -0.39 is 0 Å². The molecule has 1 N–H and O–H groups in total. The molecule has 2 aromatic heterocycles. The zero-order valence-electron chi connectivity index (χ0n) is 14.9. The van der Waals surface area contributed by atoms with Gasteiger partial charge in [0, 0.05) is 58.0 Å². The molecule has 7 heteroatoms. The number of amides is 1. The highest BCUT2D eigenvalue weighted by Crippen LogP contribution is 2.23. The van der Waals surface area contributed by atoms with Crippen molar-refractivity contribution in [2.45, 2.75) is 32.0 Å². The van der Waals surface area contributed by atoms with Gasteiger partial charge in [0.05, 0.1) is 12.0 Å². The summed E-state index contributed by atoms with van der Waals surface area (Å²) in [5.74, 6) is 0.594. The number of aromatic nitrogens is 3. The Balaban J connectivity index is 1.41. The summed E-state index contributed by atoms with van der Waals surface area (Å²) in [5.41, 5.74) is 2.23. The van der Waals surface area contributed by atoms with Crippen LogP contribution in [0.4, 0.5) is 0 Å². The fourth-order valence-corrected chi connectivity index (χ4v) is 3.75. The van der Waals surface area contributed by atoms with E-state index in [1.165, 1.54) is 0 Å². The molecule has 0 aromatic carbocycles. The van der Waals surface area contributed by atoms with Crippen LogP contribution in [0, 0.1) is 5.92 Å². The van der Waals surface area contributed by atoms with Gasteiger partial charge >= 0.3 is 0 Å². The van der Waals surface area contributed by atoms with E-state index in [9.17, 15) is 4.79 Å². The van der Waals surface area contributed by atoms with E-state index in [0.29, 0.717) is 12.5 Å². The minimum atomic E-state index is -0.238. The number of hydrogen-bond donors (Lipinski definition) is 1. The maximum Gasteiger partial charge on any atom is 0.244 e. The maximum atomic E-state index is 12.9. The molecule has 7 nitrogen and oxygen atoms in total. The van der Waals surface area contributed by atoms with Crippen LogP contribution in [0.25, 0.3) is 0 Å². The molecule has 0 unspecified atom stereocenters. The van der Waals surface area contributed by atoms with Gasteiger partial charge in [-0.15, -0.1) is 0 Å². The van der Waals surface area contributed by atoms with E-state index in [0.717, 1.165) is 56.9 Å². The molecule has 1 fully saturated rings. The average molecular weight is 355 g/mol. The van der Waals surface area contributed by atoms with Crippen LogP contribution >= 0.6 is 0 Å². The van der Waals surface area contributed by atoms with Crippen molar-refractivity contribution in [3.05, 3.63) is 48.3 Å². The SMILES string of the molecule is O=C(NCC1CCOCC1)[C@H]1CN(Cc2cccnc2)Cc2cncn21. The third-order valence-electron chi connectivity index (χ3n) is 5.24. The Morgan fingerprint density at radius 3 is 2.96 bits per heavy atom. The third-order valence-corrected chi connectivity index (χ3v) is 5.24. The Morgan fingerprint density at radius 1 is 1.27 bits per heavy atom. The second-order valence-electron chi connectivity index (χ2n) is 7.14. The van der Waals surface area contributed by atoms with Crippen LogP contribution < -0.4 is 5.32 Å². The van der Waals surface area contributed by atoms with Crippen molar-refractivity contribution in [2.75, 3.05) is 26.3 Å². The summed E-state index contributed by atoms with van der Waals surface area (Å²) < 4.78 is 7.41. The molecular weight excluding hydrogens is 330 g/mol. The summed E-state index contributed by atoms with van der Waals surface area (Å²) in [6.45, 7) is 4.58. The molecule has 0 radical (unpaired) electrons. The van der Waals surface area contributed by atoms with E-state index in [1.807, 2.05) is 23.0 Å². The Labute approximate surface area is 153 Å². The number of fused-ring (bicyclic) bond motifs is 1. The second kappa shape index (κ2) is 7.97. The smallest absolute Gasteiger partial charge is 0.244 e. The lowest BCUT2D eigenvalue weighted by Crippen LogP contribution is -2.45. The fraction of sp³-hybridized carbons (Fsp3) is 0.526. The summed E-state index contributed by atoms with van der Waals surface area (Å²) in [5, 5.41) is 3.16. The van der Waals surface area contributed by atoms with Gasteiger partial charge in [0.2, 0.25) is 5.91 Å². The number of ether oxygens (including phenoxy) is 1. The number of nitrogens with one attached hydrogen (secondary N) is 1. The first kappa shape index (κ1) is 17.2. The van der Waals surface area contributed by atoms with Gasteiger partial charge in [-0.25, -0.2) is 4.98 Å². The lowest BCUT2D eigenvalue weighted by molar-refractivity contribution is -0.126. The first-order valence-corrected chi connectivity index (χ1v) is 9.27. The molecule has 1 amide bonds. The first-order valence-electron chi connectivity index (χ1n) is 9.27. The number of pyridine rings is 1. The molecule has 2 aliphatic rings. The largest absolute Gasteiger partial charge is 0.381 e. The standard InChI is InChI=1S/C19H25N5O2/c25-19(22-9-15-3-6-26-7-4-15)18-13-23(11-16-2-1-5-20-8-16)12-17-10-21-14-24(17)18/h1-2,5,8,10,14-15,18H,3-4,6-7,9,11-13H2,(H,22,25)/t18-/m1/s1. The van der Waals surface area contributed by atoms with Gasteiger partial charge in [0.1, 0.15) is 6.04 Å². The maximum absolute atomic E-state index is 12.9. The molecule has 0 aliphatic carbocycles. The van der Waals surface area contributed by atoms with Crippen LogP contribution in [-0.4, -0.2) is 51.6 Å². The summed E-state index contributed by atoms with van der Waals surface area (Å²) in [6.07, 6.45) is 9.33. The number of carbonyl (C=O) groups is 1. The van der Waals surface area contributed by atoms with Gasteiger partial charge in [-0.2, -0.15) is 0 Å². The monoisotopic (exact) mass is 355 g/mol. The lowest BCUT2D eigenvalue weighted by atomic mass is 10.0. The number of rotatable bonds is 5. The van der Waals surface area contributed by atoms with Crippen molar-refractivity contribution in [1.29, 1.82) is 0 Å². The van der Waals surface area contributed by atoms with Crippen molar-refractivity contribution >= 4 is 5.91 Å². The molecule has 138 valence electrons. The number of carbonyl (C=O) groups excluding carboxylic acids is 1. The van der Waals surface area contributed by atoms with Gasteiger partial charge in [0.25, 0.3) is 0 Å². The molecule has 4 rings (SSSR count). The summed E-state index contributed by atoms with van der Waals surface area (Å²) >= 11 is 0. The zero-order chi connectivity index (χ0) is 17.8. The highest BCUT2D eigenvalue weighted by molar-refractivity contribution is 5.80. The first-order chi connectivity index (χ1) is 12.8. The van der Waals surface area contributed by atoms with Gasteiger partial charge in [0.15, 0.2) is 0 Å². The topological polar surface area (TPSA) is 72.3 Å². The Kier molecular flexibility index (Phi) is 5.26. The van der Waals surface area contributed by atoms with Crippen LogP contribution in [0.15, 0.2) is 37.1 Å². The third kappa shape index (κ3) is 3.94. The van der Waals surface area contributed by atoms with Crippen LogP contribution in [0.5, 0.6) is 0 Å². The molecule has 1 saturated heterocycles. The van der Waals surface area contributed by atoms with Crippen molar-refractivity contribution in [2.24, 2.45) is 5.92 Å². The minimum Gasteiger partial charge on any atom is -0.381 e. The Bertz CT molecular complexity index is 727. The van der Waals surface area contributed by atoms with E-state index in [4.69, 9.17) is 4.74 Å². The normalized spacial score (nSPS) is 21.3. The highest BCUT2D eigenvalue weighted by Gasteiger charge is 2.30. The summed E-state index contributed by atoms with van der Waals surface area (Å²) in [6, 6.07) is 3.78. The van der Waals surface area contributed by atoms with E-state index in [2.05, 4.69) is 26.3 Å². The van der Waals surface area contributed by atoms with Gasteiger partial charge in [-0.1, -0.05) is 6.07 Å². The highest BCUT2D eigenvalue weighted by atomic mass is 16.5. The average Bonchev–Trinajstić information content (AvgIpc) is 3.15. The number of hydrogen-bond acceptors (Lipinski definition) is 5. The molecule has 0 spiro atoms. The fourth-order valence-electron chi connectivity index (χ4n) is 3.75. The quantitative estimate of drug-likeness (QED) is 0.877. The van der Waals surface area contributed by atoms with Crippen molar-refractivity contribution in [1.82, 2.24) is 24.8 Å². The molecule has 0 bridgehead atoms. The van der Waals surface area contributed by atoms with E-state index in [1.54, 1.807) is 12.5 Å². The van der Waals surface area contributed by atoms with E-state index in [-0.39, 0.29) is 11.9 Å². The molecule has 26 heavy (non-hydrogen) atoms. The Hall–Kier alpha value is -2.25. The van der Waals surface area contributed by atoms with Gasteiger partial charge in [-0.3, -0.25) is 14.7 Å². The number of imidazole rings is 1. The second-order valence-corrected chi connectivity index (χ2v) is 7.14. The van der Waals surface area contributed by atoms with Gasteiger partial charge < -0.3 is 14.6 Å². The van der Waals surface area contributed by atoms with Gasteiger partial charge in [-0.05, 0) is 30.4 Å². The molecule has 1 atom stereocenters. The predicted octanol–water partition coefficient (Wildman–Crippen LogP) is 1.38. The summed E-state index contributed by atoms with van der Waals surface area (Å²) in [4.78, 5) is 23.6. The minimum absolute atomic E-state index is 0.0756. The zero-order valence-corrected chi connectivity index (χ0v) is 14.9. The van der Waals surface area contributed by atoms with Crippen LogP contribution in [0.1, 0.15) is 30.1 Å². The lowest BCUT2D eigenvalue weighted by Gasteiger charge is -2.34. The van der Waals surface area contributed by atoms with Crippen molar-refractivity contribution < 1.29 is 9.53 Å². The number of nitrogens with zero attached hydrogens (tertiary/aromatic N) is 4. The molecule has 4 heterocycles. The molecule has 2 aliphatic heterocycles. The molecule has 2 aromatic rings. The molecular formula is C19H25N5O2. The predicted molar refractivity (Wildman–Crippen MR) is 96.2 cm³/mol. The van der Waals surface area contributed by atoms with Crippen molar-refractivity contribution in [3.63, 3.8) is 0 Å². The summed E-state index contributed by atoms with van der Waals surface area (Å²) in [7, 11) is 0. The molecule has 0 saturated carbocycles. The van der Waals surface area contributed by atoms with Crippen LogP contribution in [-0.2, 0) is 22.6 Å². The Morgan fingerprint density at radius 2 is 2.15 bits per heavy atom. The van der Waals surface area contributed by atoms with Crippen molar-refractivity contribution in [3.8, 4) is 0 Å². The van der Waals surface area contributed by atoms with E-state index >= 15 is 0 Å². The van der Waals surface area contributed by atoms with Crippen LogP contribution in [0.2, 0.25) is 0 Å².